The van der Waals surface area contributed by atoms with Gasteiger partial charge >= 0.3 is 0 Å². The maximum atomic E-state index is 12.4. The first-order valence-electron chi connectivity index (χ1n) is 6.31. The van der Waals surface area contributed by atoms with Crippen molar-refractivity contribution in [1.82, 2.24) is 14.5 Å². The zero-order chi connectivity index (χ0) is 15.6. The number of benzene rings is 1. The van der Waals surface area contributed by atoms with Crippen LogP contribution in [-0.2, 0) is 30.2 Å². The van der Waals surface area contributed by atoms with Gasteiger partial charge in [-0.1, -0.05) is 6.07 Å². The van der Waals surface area contributed by atoms with Gasteiger partial charge in [-0.15, -0.1) is 0 Å². The summed E-state index contributed by atoms with van der Waals surface area (Å²) >= 11 is 3.26. The molecule has 0 spiro atoms. The minimum atomic E-state index is -3.62. The highest BCUT2D eigenvalue weighted by molar-refractivity contribution is 9.10. The molecule has 0 atom stereocenters. The number of sulfonamides is 1. The molecule has 0 aliphatic rings. The maximum Gasteiger partial charge on any atom is 0.242 e. The molecule has 0 saturated carbocycles. The number of nitrogens with zero attached hydrogens (tertiary/aromatic N) is 2. The maximum absolute atomic E-state index is 12.4. The lowest BCUT2D eigenvalue weighted by Gasteiger charge is -2.10. The number of halogens is 1. The van der Waals surface area contributed by atoms with E-state index < -0.39 is 10.0 Å². The minimum absolute atomic E-state index is 0.187. The standard InChI is InChI=1S/C13H17BrN4O2S/c1-9-11(7-16-18(9)2)8-17-21(19,20)13-5-10(6-15)3-4-12(13)14/h3-5,7,17H,6,8,15H2,1-2H3. The molecule has 0 saturated heterocycles. The summed E-state index contributed by atoms with van der Waals surface area (Å²) in [6.07, 6.45) is 1.66. The average molecular weight is 373 g/mol. The monoisotopic (exact) mass is 372 g/mol. The molecular weight excluding hydrogens is 356 g/mol. The van der Waals surface area contributed by atoms with Crippen molar-refractivity contribution < 1.29 is 8.42 Å². The average Bonchev–Trinajstić information content (AvgIpc) is 2.77. The van der Waals surface area contributed by atoms with Gasteiger partial charge in [-0.25, -0.2) is 13.1 Å². The van der Waals surface area contributed by atoms with Crippen LogP contribution in [0.3, 0.4) is 0 Å². The Bertz CT molecular complexity index is 756. The van der Waals surface area contributed by atoms with E-state index in [4.69, 9.17) is 5.73 Å². The SMILES string of the molecule is Cc1c(CNS(=O)(=O)c2cc(CN)ccc2Br)cnn1C. The third-order valence-corrected chi connectivity index (χ3v) is 5.71. The second-order valence-corrected chi connectivity index (χ2v) is 7.26. The van der Waals surface area contributed by atoms with Gasteiger partial charge in [0.1, 0.15) is 0 Å². The Morgan fingerprint density at radius 3 is 2.71 bits per heavy atom. The first kappa shape index (κ1) is 16.2. The van der Waals surface area contributed by atoms with Crippen molar-refractivity contribution >= 4 is 26.0 Å². The summed E-state index contributed by atoms with van der Waals surface area (Å²) in [5.74, 6) is 0. The summed E-state index contributed by atoms with van der Waals surface area (Å²) in [4.78, 5) is 0.187. The number of aromatic nitrogens is 2. The molecule has 0 bridgehead atoms. The van der Waals surface area contributed by atoms with Gasteiger partial charge in [-0.05, 0) is 40.5 Å². The quantitative estimate of drug-likeness (QED) is 0.830. The Morgan fingerprint density at radius 2 is 2.14 bits per heavy atom. The van der Waals surface area contributed by atoms with Crippen molar-refractivity contribution in [3.8, 4) is 0 Å². The fraction of sp³-hybridized carbons (Fsp3) is 0.308. The van der Waals surface area contributed by atoms with Crippen molar-refractivity contribution in [3.63, 3.8) is 0 Å². The highest BCUT2D eigenvalue weighted by atomic mass is 79.9. The molecule has 0 fully saturated rings. The van der Waals surface area contributed by atoms with Crippen molar-refractivity contribution in [2.75, 3.05) is 0 Å². The number of rotatable bonds is 5. The topological polar surface area (TPSA) is 90.0 Å². The number of hydrogen-bond donors (Lipinski definition) is 2. The molecular formula is C13H17BrN4O2S. The lowest BCUT2D eigenvalue weighted by atomic mass is 10.2. The Kier molecular flexibility index (Phi) is 4.82. The van der Waals surface area contributed by atoms with E-state index in [1.165, 1.54) is 0 Å². The summed E-state index contributed by atoms with van der Waals surface area (Å²) in [6, 6.07) is 5.04. The van der Waals surface area contributed by atoms with Gasteiger partial charge in [0.05, 0.1) is 11.1 Å². The summed E-state index contributed by atoms with van der Waals surface area (Å²) in [5.41, 5.74) is 8.08. The molecule has 114 valence electrons. The molecule has 0 aliphatic heterocycles. The molecule has 3 N–H and O–H groups in total. The third-order valence-electron chi connectivity index (χ3n) is 3.31. The second-order valence-electron chi connectivity index (χ2n) is 4.67. The van der Waals surface area contributed by atoms with Crippen LogP contribution in [0.4, 0.5) is 0 Å². The Balaban J connectivity index is 2.24. The number of aryl methyl sites for hydroxylation is 1. The molecule has 0 aliphatic carbocycles. The zero-order valence-electron chi connectivity index (χ0n) is 11.8. The van der Waals surface area contributed by atoms with E-state index >= 15 is 0 Å². The fourth-order valence-electron chi connectivity index (χ4n) is 1.85. The Labute approximate surface area is 132 Å². The largest absolute Gasteiger partial charge is 0.326 e. The molecule has 1 aromatic carbocycles. The molecule has 2 aromatic rings. The van der Waals surface area contributed by atoms with Crippen LogP contribution < -0.4 is 10.5 Å². The molecule has 6 nitrogen and oxygen atoms in total. The predicted molar refractivity (Wildman–Crippen MR) is 84.0 cm³/mol. The zero-order valence-corrected chi connectivity index (χ0v) is 14.2. The van der Waals surface area contributed by atoms with Crippen LogP contribution in [0.25, 0.3) is 0 Å². The van der Waals surface area contributed by atoms with E-state index in [0.717, 1.165) is 16.8 Å². The summed E-state index contributed by atoms with van der Waals surface area (Å²) < 4.78 is 29.6. The van der Waals surface area contributed by atoms with Crippen LogP contribution >= 0.6 is 15.9 Å². The van der Waals surface area contributed by atoms with Gasteiger partial charge in [0, 0.05) is 35.9 Å². The van der Waals surface area contributed by atoms with Crippen LogP contribution in [0.5, 0.6) is 0 Å². The molecule has 8 heteroatoms. The molecule has 21 heavy (non-hydrogen) atoms. The molecule has 0 amide bonds. The molecule has 1 heterocycles. The van der Waals surface area contributed by atoms with Gasteiger partial charge in [0.15, 0.2) is 0 Å². The second kappa shape index (κ2) is 6.27. The van der Waals surface area contributed by atoms with Crippen LogP contribution in [0.2, 0.25) is 0 Å². The van der Waals surface area contributed by atoms with Crippen molar-refractivity contribution in [2.45, 2.75) is 24.9 Å². The van der Waals surface area contributed by atoms with Gasteiger partial charge in [0.25, 0.3) is 0 Å². The first-order valence-corrected chi connectivity index (χ1v) is 8.58. The van der Waals surface area contributed by atoms with Crippen LogP contribution in [0, 0.1) is 6.92 Å². The molecule has 0 radical (unpaired) electrons. The summed E-state index contributed by atoms with van der Waals surface area (Å²) in [7, 11) is -1.80. The van der Waals surface area contributed by atoms with E-state index in [-0.39, 0.29) is 18.0 Å². The van der Waals surface area contributed by atoms with E-state index in [2.05, 4.69) is 25.8 Å². The van der Waals surface area contributed by atoms with Crippen molar-refractivity contribution in [2.24, 2.45) is 12.8 Å². The van der Waals surface area contributed by atoms with Gasteiger partial charge in [-0.3, -0.25) is 4.68 Å². The van der Waals surface area contributed by atoms with Crippen molar-refractivity contribution in [3.05, 3.63) is 45.7 Å². The highest BCUT2D eigenvalue weighted by Crippen LogP contribution is 2.23. The van der Waals surface area contributed by atoms with Crippen molar-refractivity contribution in [1.29, 1.82) is 0 Å². The number of nitrogens with two attached hydrogens (primary N) is 1. The molecule has 2 rings (SSSR count). The Morgan fingerprint density at radius 1 is 1.43 bits per heavy atom. The van der Waals surface area contributed by atoms with Gasteiger partial charge < -0.3 is 5.73 Å². The summed E-state index contributed by atoms with van der Waals surface area (Å²) in [6.45, 7) is 2.38. The van der Waals surface area contributed by atoms with Gasteiger partial charge in [0.2, 0.25) is 10.0 Å². The Hall–Kier alpha value is -1.22. The summed E-state index contributed by atoms with van der Waals surface area (Å²) in [5, 5.41) is 4.09. The predicted octanol–water partition coefficient (Wildman–Crippen LogP) is 1.43. The first-order chi connectivity index (χ1) is 9.85. The lowest BCUT2D eigenvalue weighted by Crippen LogP contribution is -2.24. The van der Waals surface area contributed by atoms with Crippen LogP contribution in [0.1, 0.15) is 16.8 Å². The smallest absolute Gasteiger partial charge is 0.242 e. The normalized spacial score (nSPS) is 11.8. The van der Waals surface area contributed by atoms with E-state index in [1.54, 1.807) is 29.1 Å². The van der Waals surface area contributed by atoms with Crippen LogP contribution in [-0.4, -0.2) is 18.2 Å². The van der Waals surface area contributed by atoms with E-state index in [0.29, 0.717) is 4.47 Å². The third kappa shape index (κ3) is 3.52. The highest BCUT2D eigenvalue weighted by Gasteiger charge is 2.18. The number of nitrogens with one attached hydrogen (secondary N) is 1. The molecule has 0 unspecified atom stereocenters. The minimum Gasteiger partial charge on any atom is -0.326 e. The lowest BCUT2D eigenvalue weighted by molar-refractivity contribution is 0.580. The van der Waals surface area contributed by atoms with Crippen LogP contribution in [0.15, 0.2) is 33.8 Å². The van der Waals surface area contributed by atoms with E-state index in [9.17, 15) is 8.42 Å². The molecule has 1 aromatic heterocycles. The number of hydrogen-bond acceptors (Lipinski definition) is 4. The van der Waals surface area contributed by atoms with Gasteiger partial charge in [-0.2, -0.15) is 5.10 Å². The fourth-order valence-corrected chi connectivity index (χ4v) is 3.87. The van der Waals surface area contributed by atoms with E-state index in [1.807, 2.05) is 14.0 Å².